The molecule has 210 valence electrons. The van der Waals surface area contributed by atoms with Crippen molar-refractivity contribution in [2.45, 2.75) is 54.8 Å². The molecule has 2 saturated carbocycles. The molecule has 0 radical (unpaired) electrons. The van der Waals surface area contributed by atoms with Crippen molar-refractivity contribution in [2.24, 2.45) is 5.41 Å². The maximum atomic E-state index is 13.8. The van der Waals surface area contributed by atoms with Crippen LogP contribution in [0.3, 0.4) is 0 Å². The van der Waals surface area contributed by atoms with Gasteiger partial charge in [-0.3, -0.25) is 9.52 Å². The number of carbonyl (C=O) groups is 1. The molecule has 0 aromatic heterocycles. The average molecular weight is 582 g/mol. The number of nitrogens with zero attached hydrogens (tertiary/aromatic N) is 2. The van der Waals surface area contributed by atoms with Crippen molar-refractivity contribution in [1.82, 2.24) is 4.31 Å². The van der Waals surface area contributed by atoms with Crippen LogP contribution in [0, 0.1) is 5.41 Å². The Labute approximate surface area is 225 Å². The van der Waals surface area contributed by atoms with Gasteiger partial charge in [-0.2, -0.15) is 4.31 Å². The third-order valence-electron chi connectivity index (χ3n) is 8.73. The molecule has 6 rings (SSSR count). The summed E-state index contributed by atoms with van der Waals surface area (Å²) in [5, 5.41) is 10.3. The van der Waals surface area contributed by atoms with E-state index in [1.165, 1.54) is 18.9 Å². The standard InChI is InChI=1S/C26H29F2N3O6S2/c1-38(34,35)29-18-3-4-20-19(13-18)25(10-8-24(6-7-24)9-11-25)14-31(20)23(33)17-2-5-21(32)22(12-17)39(36,37)30-15-26(27,28)16-30/h2-5,12-13,29,32H,6-11,14-16H2,1H3. The number of hydrogen-bond acceptors (Lipinski definition) is 6. The number of nitrogens with one attached hydrogen (secondary N) is 1. The van der Waals surface area contributed by atoms with Crippen LogP contribution in [0.25, 0.3) is 0 Å². The smallest absolute Gasteiger partial charge is 0.275 e. The third kappa shape index (κ3) is 4.57. The molecule has 9 nitrogen and oxygen atoms in total. The second kappa shape index (κ2) is 8.37. The molecule has 13 heteroatoms. The van der Waals surface area contributed by atoms with E-state index in [9.17, 15) is 35.5 Å². The fourth-order valence-electron chi connectivity index (χ4n) is 6.28. The largest absolute Gasteiger partial charge is 0.507 e. The van der Waals surface area contributed by atoms with Crippen molar-refractivity contribution in [3.8, 4) is 5.75 Å². The van der Waals surface area contributed by atoms with Gasteiger partial charge in [0.1, 0.15) is 10.6 Å². The third-order valence-corrected chi connectivity index (χ3v) is 11.2. The highest BCUT2D eigenvalue weighted by molar-refractivity contribution is 7.92. The molecule has 2 aliphatic heterocycles. The van der Waals surface area contributed by atoms with Crippen molar-refractivity contribution < 1.29 is 35.5 Å². The lowest BCUT2D eigenvalue weighted by Gasteiger charge is -2.38. The molecule has 0 atom stereocenters. The number of carbonyl (C=O) groups excluding carboxylic acids is 1. The van der Waals surface area contributed by atoms with Crippen LogP contribution < -0.4 is 9.62 Å². The van der Waals surface area contributed by atoms with E-state index in [0.29, 0.717) is 27.6 Å². The summed E-state index contributed by atoms with van der Waals surface area (Å²) in [4.78, 5) is 14.8. The Hall–Kier alpha value is -2.77. The van der Waals surface area contributed by atoms with Crippen LogP contribution in [0.4, 0.5) is 20.2 Å². The highest BCUT2D eigenvalue weighted by Crippen LogP contribution is 2.62. The van der Waals surface area contributed by atoms with E-state index in [1.807, 2.05) is 0 Å². The predicted molar refractivity (Wildman–Crippen MR) is 140 cm³/mol. The molecule has 0 bridgehead atoms. The van der Waals surface area contributed by atoms with Crippen molar-refractivity contribution in [2.75, 3.05) is 35.5 Å². The zero-order chi connectivity index (χ0) is 28.0. The zero-order valence-corrected chi connectivity index (χ0v) is 22.9. The van der Waals surface area contributed by atoms with E-state index in [1.54, 1.807) is 23.1 Å². The van der Waals surface area contributed by atoms with Crippen LogP contribution in [-0.4, -0.2) is 64.0 Å². The molecule has 1 amide bonds. The lowest BCUT2D eigenvalue weighted by atomic mass is 9.66. The minimum Gasteiger partial charge on any atom is -0.507 e. The van der Waals surface area contributed by atoms with Crippen LogP contribution >= 0.6 is 0 Å². The van der Waals surface area contributed by atoms with Crippen LogP contribution in [-0.2, 0) is 25.5 Å². The number of anilines is 2. The van der Waals surface area contributed by atoms with Gasteiger partial charge in [-0.1, -0.05) is 0 Å². The molecular formula is C26H29F2N3O6S2. The zero-order valence-electron chi connectivity index (χ0n) is 21.3. The van der Waals surface area contributed by atoms with Crippen LogP contribution in [0.2, 0.25) is 0 Å². The van der Waals surface area contributed by atoms with Gasteiger partial charge in [0.05, 0.1) is 19.3 Å². The Morgan fingerprint density at radius 3 is 2.15 bits per heavy atom. The Balaban J connectivity index is 1.35. The molecule has 4 aliphatic rings. The molecule has 2 aromatic carbocycles. The van der Waals surface area contributed by atoms with Crippen LogP contribution in [0.1, 0.15) is 54.4 Å². The van der Waals surface area contributed by atoms with Crippen molar-refractivity contribution in [3.05, 3.63) is 47.5 Å². The van der Waals surface area contributed by atoms with Crippen LogP contribution in [0.15, 0.2) is 41.3 Å². The van der Waals surface area contributed by atoms with Gasteiger partial charge in [0.2, 0.25) is 20.0 Å². The minimum absolute atomic E-state index is 0.00512. The van der Waals surface area contributed by atoms with Gasteiger partial charge >= 0.3 is 0 Å². The number of phenolic OH excluding ortho intramolecular Hbond substituents is 1. The summed E-state index contributed by atoms with van der Waals surface area (Å²) < 4.78 is 79.4. The van der Waals surface area contributed by atoms with Gasteiger partial charge < -0.3 is 10.0 Å². The fourth-order valence-corrected chi connectivity index (χ4v) is 8.44. The SMILES string of the molecule is CS(=O)(=O)Nc1ccc2c(c1)C1(CCC3(CC3)CC1)CN2C(=O)c1ccc(O)c(S(=O)(=O)N2CC(F)(F)C2)c1. The van der Waals surface area contributed by atoms with E-state index in [0.717, 1.165) is 49.6 Å². The topological polar surface area (TPSA) is 124 Å². The van der Waals surface area contributed by atoms with Gasteiger partial charge in [0.25, 0.3) is 11.8 Å². The molecule has 1 saturated heterocycles. The first-order valence-corrected chi connectivity index (χ1v) is 16.1. The van der Waals surface area contributed by atoms with E-state index < -0.39 is 55.6 Å². The number of sulfonamides is 2. The number of hydrogen-bond donors (Lipinski definition) is 2. The summed E-state index contributed by atoms with van der Waals surface area (Å²) in [6.45, 7) is -1.62. The number of rotatable bonds is 5. The molecule has 2 spiro atoms. The van der Waals surface area contributed by atoms with E-state index in [-0.39, 0.29) is 11.0 Å². The Bertz CT molecular complexity index is 1590. The first kappa shape index (κ1) is 26.5. The van der Waals surface area contributed by atoms with Gasteiger partial charge in [0, 0.05) is 28.9 Å². The number of aromatic hydroxyl groups is 1. The Morgan fingerprint density at radius 1 is 0.923 bits per heavy atom. The molecule has 2 N–H and O–H groups in total. The Morgan fingerprint density at radius 2 is 1.56 bits per heavy atom. The maximum Gasteiger partial charge on any atom is 0.275 e. The lowest BCUT2D eigenvalue weighted by molar-refractivity contribution is -0.0945. The van der Waals surface area contributed by atoms with E-state index in [2.05, 4.69) is 4.72 Å². The number of alkyl halides is 2. The van der Waals surface area contributed by atoms with Gasteiger partial charge in [-0.05, 0) is 85.9 Å². The summed E-state index contributed by atoms with van der Waals surface area (Å²) in [6, 6.07) is 8.49. The molecule has 0 unspecified atom stereocenters. The number of amides is 1. The normalized spacial score (nSPS) is 22.9. The first-order valence-electron chi connectivity index (χ1n) is 12.8. The first-order chi connectivity index (χ1) is 18.1. The summed E-state index contributed by atoms with van der Waals surface area (Å²) in [7, 11) is -7.95. The van der Waals surface area contributed by atoms with Crippen molar-refractivity contribution >= 4 is 37.3 Å². The maximum absolute atomic E-state index is 13.8. The summed E-state index contributed by atoms with van der Waals surface area (Å²) in [5.74, 6) is -4.25. The molecular weight excluding hydrogens is 552 g/mol. The predicted octanol–water partition coefficient (Wildman–Crippen LogP) is 3.66. The number of phenols is 1. The minimum atomic E-state index is -4.43. The van der Waals surface area contributed by atoms with E-state index in [4.69, 9.17) is 0 Å². The Kier molecular flexibility index (Phi) is 5.68. The fraction of sp³-hybridized carbons (Fsp3) is 0.500. The molecule has 2 aromatic rings. The second-order valence-electron chi connectivity index (χ2n) is 11.6. The monoisotopic (exact) mass is 581 g/mol. The van der Waals surface area contributed by atoms with Gasteiger partial charge in [-0.25, -0.2) is 25.6 Å². The van der Waals surface area contributed by atoms with Crippen molar-refractivity contribution in [3.63, 3.8) is 0 Å². The average Bonchev–Trinajstić information content (AvgIpc) is 3.53. The summed E-state index contributed by atoms with van der Waals surface area (Å²) >= 11 is 0. The molecule has 2 aliphatic carbocycles. The van der Waals surface area contributed by atoms with Gasteiger partial charge in [0.15, 0.2) is 0 Å². The second-order valence-corrected chi connectivity index (χ2v) is 15.2. The molecule has 2 heterocycles. The number of fused-ring (bicyclic) bond motifs is 2. The number of benzene rings is 2. The van der Waals surface area contributed by atoms with E-state index >= 15 is 0 Å². The molecule has 3 fully saturated rings. The van der Waals surface area contributed by atoms with Crippen LogP contribution in [0.5, 0.6) is 5.75 Å². The lowest BCUT2D eigenvalue weighted by Crippen LogP contribution is -2.58. The molecule has 39 heavy (non-hydrogen) atoms. The highest BCUT2D eigenvalue weighted by Gasteiger charge is 2.54. The van der Waals surface area contributed by atoms with Crippen molar-refractivity contribution in [1.29, 1.82) is 0 Å². The highest BCUT2D eigenvalue weighted by atomic mass is 32.2. The van der Waals surface area contributed by atoms with Gasteiger partial charge in [-0.15, -0.1) is 0 Å². The summed E-state index contributed by atoms with van der Waals surface area (Å²) in [5.41, 5.74) is 1.89. The quantitative estimate of drug-likeness (QED) is 0.556. The number of halogens is 2. The summed E-state index contributed by atoms with van der Waals surface area (Å²) in [6.07, 6.45) is 7.17.